The summed E-state index contributed by atoms with van der Waals surface area (Å²) < 4.78 is 22.6. The van der Waals surface area contributed by atoms with E-state index in [9.17, 15) is 4.79 Å². The molecule has 0 aliphatic carbocycles. The second-order valence-corrected chi connectivity index (χ2v) is 7.86. The molecule has 1 fully saturated rings. The van der Waals surface area contributed by atoms with Gasteiger partial charge in [-0.05, 0) is 56.0 Å². The zero-order valence-corrected chi connectivity index (χ0v) is 19.1. The first-order valence-corrected chi connectivity index (χ1v) is 10.9. The fourth-order valence-electron chi connectivity index (χ4n) is 4.16. The largest absolute Gasteiger partial charge is 0.493 e. The first-order chi connectivity index (χ1) is 15.5. The highest BCUT2D eigenvalue weighted by molar-refractivity contribution is 6.00. The van der Waals surface area contributed by atoms with Gasteiger partial charge in [-0.2, -0.15) is 0 Å². The molecule has 1 aliphatic rings. The van der Waals surface area contributed by atoms with Gasteiger partial charge in [0.1, 0.15) is 11.3 Å². The van der Waals surface area contributed by atoms with Crippen molar-refractivity contribution in [2.75, 3.05) is 33.9 Å². The third-order valence-corrected chi connectivity index (χ3v) is 5.85. The number of likely N-dealkylation sites (tertiary alicyclic amines) is 1. The lowest BCUT2D eigenvalue weighted by Crippen LogP contribution is -2.25. The molecule has 1 aromatic heterocycles. The van der Waals surface area contributed by atoms with Crippen molar-refractivity contribution in [3.8, 4) is 28.4 Å². The summed E-state index contributed by atoms with van der Waals surface area (Å²) in [5.74, 6) is 2.08. The van der Waals surface area contributed by atoms with Gasteiger partial charge >= 0.3 is 0 Å². The molecule has 0 radical (unpaired) electrons. The smallest absolute Gasteiger partial charge is 0.246 e. The van der Waals surface area contributed by atoms with Crippen molar-refractivity contribution in [2.45, 2.75) is 26.7 Å². The molecule has 6 nitrogen and oxygen atoms in total. The Balaban J connectivity index is 1.79. The standard InChI is InChI=1S/C26H29NO5/c1-5-31-23-15-24-20(14-19(23)17(2)12-26(28)27-10-6-7-11-27)21(16-32-24)18-8-9-22(29-3)25(13-18)30-4/h8-9,12-16H,5-7,10-11H2,1-4H3/b17-12+. The summed E-state index contributed by atoms with van der Waals surface area (Å²) in [7, 11) is 3.23. The number of allylic oxidation sites excluding steroid dienone is 1. The fourth-order valence-corrected chi connectivity index (χ4v) is 4.16. The number of carbonyl (C=O) groups is 1. The Morgan fingerprint density at radius 1 is 1.06 bits per heavy atom. The average molecular weight is 436 g/mol. The number of nitrogens with zero attached hydrogens (tertiary/aromatic N) is 1. The highest BCUT2D eigenvalue weighted by atomic mass is 16.5. The van der Waals surface area contributed by atoms with E-state index in [1.54, 1.807) is 26.6 Å². The second kappa shape index (κ2) is 9.39. The number of hydrogen-bond donors (Lipinski definition) is 0. The van der Waals surface area contributed by atoms with E-state index >= 15 is 0 Å². The van der Waals surface area contributed by atoms with Gasteiger partial charge in [0.15, 0.2) is 11.5 Å². The number of carbonyl (C=O) groups excluding carboxylic acids is 1. The van der Waals surface area contributed by atoms with Gasteiger partial charge in [0.05, 0.1) is 27.1 Å². The molecule has 168 valence electrons. The second-order valence-electron chi connectivity index (χ2n) is 7.86. The van der Waals surface area contributed by atoms with E-state index in [2.05, 4.69) is 0 Å². The zero-order chi connectivity index (χ0) is 22.7. The number of hydrogen-bond acceptors (Lipinski definition) is 5. The molecular formula is C26H29NO5. The maximum atomic E-state index is 12.7. The molecule has 2 aromatic carbocycles. The number of furan rings is 1. The molecule has 1 saturated heterocycles. The Bertz CT molecular complexity index is 1150. The van der Waals surface area contributed by atoms with E-state index in [1.165, 1.54) is 0 Å². The quantitative estimate of drug-likeness (QED) is 0.456. The number of benzene rings is 2. The Kier molecular flexibility index (Phi) is 6.40. The van der Waals surface area contributed by atoms with E-state index in [0.717, 1.165) is 59.2 Å². The van der Waals surface area contributed by atoms with Gasteiger partial charge in [-0.15, -0.1) is 0 Å². The summed E-state index contributed by atoms with van der Waals surface area (Å²) in [4.78, 5) is 14.6. The first kappa shape index (κ1) is 21.8. The van der Waals surface area contributed by atoms with Gasteiger partial charge in [-0.25, -0.2) is 0 Å². The van der Waals surface area contributed by atoms with Crippen molar-refractivity contribution >= 4 is 22.4 Å². The predicted molar refractivity (Wildman–Crippen MR) is 125 cm³/mol. The summed E-state index contributed by atoms with van der Waals surface area (Å²) in [5.41, 5.74) is 4.36. The highest BCUT2D eigenvalue weighted by Gasteiger charge is 2.19. The van der Waals surface area contributed by atoms with Crippen LogP contribution in [0.1, 0.15) is 32.3 Å². The number of methoxy groups -OCH3 is 2. The monoisotopic (exact) mass is 435 g/mol. The number of fused-ring (bicyclic) bond motifs is 1. The predicted octanol–water partition coefficient (Wildman–Crippen LogP) is 5.54. The van der Waals surface area contributed by atoms with Crippen LogP contribution >= 0.6 is 0 Å². The lowest BCUT2D eigenvalue weighted by atomic mass is 9.99. The minimum absolute atomic E-state index is 0.0508. The van der Waals surface area contributed by atoms with Gasteiger partial charge < -0.3 is 23.5 Å². The Morgan fingerprint density at radius 3 is 2.50 bits per heavy atom. The third-order valence-electron chi connectivity index (χ3n) is 5.85. The van der Waals surface area contributed by atoms with Crippen LogP contribution in [-0.2, 0) is 4.79 Å². The van der Waals surface area contributed by atoms with E-state index in [4.69, 9.17) is 18.6 Å². The van der Waals surface area contributed by atoms with Crippen molar-refractivity contribution < 1.29 is 23.4 Å². The van der Waals surface area contributed by atoms with E-state index in [1.807, 2.05) is 49.1 Å². The normalized spacial score (nSPS) is 14.1. The van der Waals surface area contributed by atoms with Gasteiger partial charge in [-0.1, -0.05) is 6.07 Å². The third kappa shape index (κ3) is 4.17. The fraction of sp³-hybridized carbons (Fsp3) is 0.346. The van der Waals surface area contributed by atoms with Crippen molar-refractivity contribution in [3.05, 3.63) is 48.2 Å². The summed E-state index contributed by atoms with van der Waals surface area (Å²) >= 11 is 0. The summed E-state index contributed by atoms with van der Waals surface area (Å²) in [5, 5.41) is 0.942. The van der Waals surface area contributed by atoms with Crippen LogP contribution in [-0.4, -0.2) is 44.7 Å². The molecule has 6 heteroatoms. The van der Waals surface area contributed by atoms with Crippen LogP contribution in [0, 0.1) is 0 Å². The van der Waals surface area contributed by atoms with Gasteiger partial charge in [0.2, 0.25) is 5.91 Å². The van der Waals surface area contributed by atoms with Crippen LogP contribution in [0.2, 0.25) is 0 Å². The van der Waals surface area contributed by atoms with Crippen molar-refractivity contribution in [3.63, 3.8) is 0 Å². The molecule has 4 rings (SSSR count). The first-order valence-electron chi connectivity index (χ1n) is 10.9. The summed E-state index contributed by atoms with van der Waals surface area (Å²) in [6.07, 6.45) is 5.59. The van der Waals surface area contributed by atoms with Crippen LogP contribution in [0.3, 0.4) is 0 Å². The number of amides is 1. The Labute approximate surface area is 188 Å². The van der Waals surface area contributed by atoms with Gasteiger partial charge in [-0.3, -0.25) is 4.79 Å². The van der Waals surface area contributed by atoms with Crippen LogP contribution in [0.4, 0.5) is 0 Å². The molecule has 0 unspecified atom stereocenters. The van der Waals surface area contributed by atoms with Gasteiger partial charge in [0.25, 0.3) is 0 Å². The van der Waals surface area contributed by atoms with Crippen molar-refractivity contribution in [1.29, 1.82) is 0 Å². The minimum atomic E-state index is 0.0508. The van der Waals surface area contributed by atoms with Crippen LogP contribution < -0.4 is 14.2 Å². The number of rotatable bonds is 7. The summed E-state index contributed by atoms with van der Waals surface area (Å²) in [6, 6.07) is 9.72. The molecule has 1 amide bonds. The minimum Gasteiger partial charge on any atom is -0.493 e. The molecule has 0 saturated carbocycles. The van der Waals surface area contributed by atoms with E-state index in [0.29, 0.717) is 23.9 Å². The lowest BCUT2D eigenvalue weighted by Gasteiger charge is -2.15. The van der Waals surface area contributed by atoms with Crippen molar-refractivity contribution in [2.24, 2.45) is 0 Å². The van der Waals surface area contributed by atoms with Gasteiger partial charge in [0, 0.05) is 41.7 Å². The average Bonchev–Trinajstić information content (AvgIpc) is 3.48. The molecule has 2 heterocycles. The van der Waals surface area contributed by atoms with E-state index in [-0.39, 0.29) is 5.91 Å². The van der Waals surface area contributed by atoms with E-state index < -0.39 is 0 Å². The SMILES string of the molecule is CCOc1cc2occ(-c3ccc(OC)c(OC)c3)c2cc1/C(C)=C/C(=O)N1CCCC1. The summed E-state index contributed by atoms with van der Waals surface area (Å²) in [6.45, 7) is 6.07. The highest BCUT2D eigenvalue weighted by Crippen LogP contribution is 2.40. The topological polar surface area (TPSA) is 61.1 Å². The maximum absolute atomic E-state index is 12.7. The molecule has 0 atom stereocenters. The Hall–Kier alpha value is -3.41. The molecule has 0 spiro atoms. The molecule has 0 N–H and O–H groups in total. The Morgan fingerprint density at radius 2 is 1.81 bits per heavy atom. The molecular weight excluding hydrogens is 406 g/mol. The van der Waals surface area contributed by atoms with Crippen LogP contribution in [0.15, 0.2) is 47.1 Å². The van der Waals surface area contributed by atoms with Crippen LogP contribution in [0.5, 0.6) is 17.2 Å². The lowest BCUT2D eigenvalue weighted by molar-refractivity contribution is -0.124. The van der Waals surface area contributed by atoms with Crippen LogP contribution in [0.25, 0.3) is 27.7 Å². The zero-order valence-electron chi connectivity index (χ0n) is 19.1. The molecule has 1 aliphatic heterocycles. The van der Waals surface area contributed by atoms with Crippen molar-refractivity contribution in [1.82, 2.24) is 4.90 Å². The number of ether oxygens (including phenoxy) is 3. The maximum Gasteiger partial charge on any atom is 0.246 e. The molecule has 3 aromatic rings. The molecule has 0 bridgehead atoms. The molecule has 32 heavy (non-hydrogen) atoms.